The number of fused-ring (bicyclic) bond motifs is 1. The molecule has 5 nitrogen and oxygen atoms in total. The smallest absolute Gasteiger partial charge is 0.258 e. The first-order valence-corrected chi connectivity index (χ1v) is 7.48. The van der Waals surface area contributed by atoms with Crippen LogP contribution in [0.1, 0.15) is 25.5 Å². The molecule has 0 unspecified atom stereocenters. The molecule has 1 aliphatic heterocycles. The molecule has 3 rings (SSSR count). The Kier molecular flexibility index (Phi) is 3.78. The number of pyridine rings is 1. The second-order valence-electron chi connectivity index (χ2n) is 6.10. The van der Waals surface area contributed by atoms with Crippen LogP contribution in [0.2, 0.25) is 0 Å². The minimum absolute atomic E-state index is 0.00678. The number of aromatic nitrogens is 2. The van der Waals surface area contributed by atoms with Crippen molar-refractivity contribution in [2.24, 2.45) is 0 Å². The molecule has 0 radical (unpaired) electrons. The van der Waals surface area contributed by atoms with Crippen molar-refractivity contribution in [3.05, 3.63) is 46.5 Å². The predicted molar refractivity (Wildman–Crippen MR) is 83.4 cm³/mol. The molecule has 2 aromatic rings. The third-order valence-electron chi connectivity index (χ3n) is 4.57. The standard InChI is InChI=1S/C16H22N4O/c1-16(17-2)6-9-19(10-7-16)12-13-11-15(21)20-8-4-3-5-14(20)18-13/h3-5,8,11,17H,6-7,9-10,12H2,1-2H3. The highest BCUT2D eigenvalue weighted by atomic mass is 16.1. The Hall–Kier alpha value is -1.72. The van der Waals surface area contributed by atoms with Crippen LogP contribution in [-0.2, 0) is 6.54 Å². The van der Waals surface area contributed by atoms with Crippen molar-refractivity contribution < 1.29 is 0 Å². The average Bonchev–Trinajstić information content (AvgIpc) is 2.50. The van der Waals surface area contributed by atoms with Crippen molar-refractivity contribution in [3.8, 4) is 0 Å². The van der Waals surface area contributed by atoms with Gasteiger partial charge in [0.25, 0.3) is 5.56 Å². The van der Waals surface area contributed by atoms with E-state index >= 15 is 0 Å². The van der Waals surface area contributed by atoms with Crippen molar-refractivity contribution in [1.29, 1.82) is 0 Å². The maximum absolute atomic E-state index is 12.1. The fourth-order valence-electron chi connectivity index (χ4n) is 2.87. The number of nitrogens with one attached hydrogen (secondary N) is 1. The summed E-state index contributed by atoms with van der Waals surface area (Å²) < 4.78 is 1.58. The van der Waals surface area contributed by atoms with Crippen LogP contribution in [-0.4, -0.2) is 40.0 Å². The zero-order valence-electron chi connectivity index (χ0n) is 12.7. The van der Waals surface area contributed by atoms with Crippen LogP contribution in [0.4, 0.5) is 0 Å². The first kappa shape index (κ1) is 14.2. The van der Waals surface area contributed by atoms with Gasteiger partial charge in [0.1, 0.15) is 5.65 Å². The van der Waals surface area contributed by atoms with E-state index in [-0.39, 0.29) is 11.1 Å². The van der Waals surface area contributed by atoms with Crippen molar-refractivity contribution in [2.75, 3.05) is 20.1 Å². The minimum atomic E-state index is -0.00678. The molecule has 2 aromatic heterocycles. The fourth-order valence-corrected chi connectivity index (χ4v) is 2.87. The molecule has 1 N–H and O–H groups in total. The van der Waals surface area contributed by atoms with Gasteiger partial charge in [0, 0.05) is 37.4 Å². The van der Waals surface area contributed by atoms with E-state index in [2.05, 4.69) is 22.1 Å². The molecule has 0 aliphatic carbocycles. The van der Waals surface area contributed by atoms with Crippen LogP contribution in [0.25, 0.3) is 5.65 Å². The Morgan fingerprint density at radius 1 is 1.33 bits per heavy atom. The van der Waals surface area contributed by atoms with Crippen LogP contribution in [0.5, 0.6) is 0 Å². The van der Waals surface area contributed by atoms with Gasteiger partial charge in [0.2, 0.25) is 0 Å². The molecule has 0 aromatic carbocycles. The van der Waals surface area contributed by atoms with Crippen LogP contribution >= 0.6 is 0 Å². The van der Waals surface area contributed by atoms with Crippen molar-refractivity contribution in [3.63, 3.8) is 0 Å². The highest BCUT2D eigenvalue weighted by Crippen LogP contribution is 2.21. The molecular weight excluding hydrogens is 264 g/mol. The second-order valence-corrected chi connectivity index (χ2v) is 6.10. The van der Waals surface area contributed by atoms with Crippen molar-refractivity contribution in [2.45, 2.75) is 31.8 Å². The first-order chi connectivity index (χ1) is 10.1. The van der Waals surface area contributed by atoms with Gasteiger partial charge in [-0.2, -0.15) is 0 Å². The summed E-state index contributed by atoms with van der Waals surface area (Å²) in [5.74, 6) is 0. The lowest BCUT2D eigenvalue weighted by Crippen LogP contribution is -2.49. The fraction of sp³-hybridized carbons (Fsp3) is 0.500. The summed E-state index contributed by atoms with van der Waals surface area (Å²) in [6.45, 7) is 5.09. The average molecular weight is 286 g/mol. The SMILES string of the molecule is CNC1(C)CCN(Cc2cc(=O)n3ccccc3n2)CC1. The largest absolute Gasteiger partial charge is 0.314 e. The summed E-state index contributed by atoms with van der Waals surface area (Å²) in [6, 6.07) is 7.28. The molecular formula is C16H22N4O. The van der Waals surface area contributed by atoms with Crippen molar-refractivity contribution in [1.82, 2.24) is 19.6 Å². The molecule has 1 aliphatic rings. The first-order valence-electron chi connectivity index (χ1n) is 7.48. The van der Waals surface area contributed by atoms with Gasteiger partial charge in [-0.15, -0.1) is 0 Å². The third kappa shape index (κ3) is 2.99. The van der Waals surface area contributed by atoms with Crippen LogP contribution in [0.15, 0.2) is 35.3 Å². The highest BCUT2D eigenvalue weighted by molar-refractivity contribution is 5.37. The van der Waals surface area contributed by atoms with Gasteiger partial charge >= 0.3 is 0 Å². The molecule has 0 bridgehead atoms. The zero-order chi connectivity index (χ0) is 14.9. The molecule has 0 amide bonds. The normalized spacial score (nSPS) is 19.0. The van der Waals surface area contributed by atoms with Gasteiger partial charge in [-0.3, -0.25) is 14.1 Å². The molecule has 3 heterocycles. The van der Waals surface area contributed by atoms with Gasteiger partial charge in [-0.1, -0.05) is 6.07 Å². The van der Waals surface area contributed by atoms with Gasteiger partial charge in [-0.05, 0) is 38.9 Å². The maximum atomic E-state index is 12.1. The van der Waals surface area contributed by atoms with Crippen LogP contribution < -0.4 is 10.9 Å². The van der Waals surface area contributed by atoms with Crippen LogP contribution in [0.3, 0.4) is 0 Å². The number of nitrogens with zero attached hydrogens (tertiary/aromatic N) is 3. The van der Waals surface area contributed by atoms with E-state index in [1.165, 1.54) is 0 Å². The highest BCUT2D eigenvalue weighted by Gasteiger charge is 2.28. The van der Waals surface area contributed by atoms with E-state index < -0.39 is 0 Å². The van der Waals surface area contributed by atoms with E-state index in [4.69, 9.17) is 0 Å². The van der Waals surface area contributed by atoms with E-state index in [1.54, 1.807) is 16.7 Å². The third-order valence-corrected chi connectivity index (χ3v) is 4.57. The van der Waals surface area contributed by atoms with Gasteiger partial charge < -0.3 is 5.32 Å². The topological polar surface area (TPSA) is 49.6 Å². The van der Waals surface area contributed by atoms with Gasteiger partial charge in [0.15, 0.2) is 0 Å². The predicted octanol–water partition coefficient (Wildman–Crippen LogP) is 1.27. The monoisotopic (exact) mass is 286 g/mol. The van der Waals surface area contributed by atoms with Crippen LogP contribution in [0, 0.1) is 0 Å². The van der Waals surface area contributed by atoms with E-state index in [1.807, 2.05) is 25.2 Å². The molecule has 5 heteroatoms. The Morgan fingerprint density at radius 3 is 2.81 bits per heavy atom. The Morgan fingerprint density at radius 2 is 2.10 bits per heavy atom. The quantitative estimate of drug-likeness (QED) is 0.923. The molecule has 112 valence electrons. The molecule has 0 atom stereocenters. The lowest BCUT2D eigenvalue weighted by atomic mass is 9.90. The van der Waals surface area contributed by atoms with Crippen molar-refractivity contribution >= 4 is 5.65 Å². The van der Waals surface area contributed by atoms with Gasteiger partial charge in [0.05, 0.1) is 5.69 Å². The molecule has 0 spiro atoms. The number of likely N-dealkylation sites (tertiary alicyclic amines) is 1. The minimum Gasteiger partial charge on any atom is -0.314 e. The Balaban J connectivity index is 1.76. The summed E-state index contributed by atoms with van der Waals surface area (Å²) in [5, 5.41) is 3.40. The van der Waals surface area contributed by atoms with E-state index in [9.17, 15) is 4.79 Å². The summed E-state index contributed by atoms with van der Waals surface area (Å²) in [5.41, 5.74) is 1.82. The number of rotatable bonds is 3. The van der Waals surface area contributed by atoms with E-state index in [0.29, 0.717) is 0 Å². The summed E-state index contributed by atoms with van der Waals surface area (Å²) in [7, 11) is 2.03. The maximum Gasteiger partial charge on any atom is 0.258 e. The zero-order valence-corrected chi connectivity index (χ0v) is 12.7. The number of hydrogen-bond acceptors (Lipinski definition) is 4. The summed E-state index contributed by atoms with van der Waals surface area (Å²) >= 11 is 0. The Labute approximate surface area is 124 Å². The second kappa shape index (κ2) is 5.58. The summed E-state index contributed by atoms with van der Waals surface area (Å²) in [4.78, 5) is 19.1. The lowest BCUT2D eigenvalue weighted by molar-refractivity contribution is 0.145. The molecule has 1 fully saturated rings. The van der Waals surface area contributed by atoms with E-state index in [0.717, 1.165) is 43.8 Å². The lowest BCUT2D eigenvalue weighted by Gasteiger charge is -2.39. The molecule has 1 saturated heterocycles. The number of hydrogen-bond donors (Lipinski definition) is 1. The molecule has 21 heavy (non-hydrogen) atoms. The molecule has 0 saturated carbocycles. The van der Waals surface area contributed by atoms with Gasteiger partial charge in [-0.25, -0.2) is 4.98 Å². The Bertz CT molecular complexity index is 686. The number of piperidine rings is 1. The summed E-state index contributed by atoms with van der Waals surface area (Å²) in [6.07, 6.45) is 4.00.